The Morgan fingerprint density at radius 3 is 2.29 bits per heavy atom. The van der Waals surface area contributed by atoms with Gasteiger partial charge in [-0.15, -0.1) is 0 Å². The van der Waals surface area contributed by atoms with E-state index >= 15 is 0 Å². The molecule has 0 spiro atoms. The van der Waals surface area contributed by atoms with Crippen molar-refractivity contribution in [3.63, 3.8) is 0 Å². The number of benzene rings is 1. The van der Waals surface area contributed by atoms with E-state index in [1.54, 1.807) is 12.1 Å². The van der Waals surface area contributed by atoms with E-state index in [2.05, 4.69) is 16.0 Å². The van der Waals surface area contributed by atoms with Crippen LogP contribution in [-0.2, 0) is 25.6 Å². The molecule has 2 rings (SSSR count). The summed E-state index contributed by atoms with van der Waals surface area (Å²) in [6.07, 6.45) is 0.706. The summed E-state index contributed by atoms with van der Waals surface area (Å²) < 4.78 is 0. The minimum atomic E-state index is -1.62. The van der Waals surface area contributed by atoms with E-state index in [0.717, 1.165) is 6.42 Å². The maximum atomic E-state index is 12.6. The Labute approximate surface area is 160 Å². The summed E-state index contributed by atoms with van der Waals surface area (Å²) in [7, 11) is 0. The number of rotatable bonds is 9. The largest absolute Gasteiger partial charge is 0.508 e. The lowest BCUT2D eigenvalue weighted by molar-refractivity contribution is -0.147. The zero-order valence-electron chi connectivity index (χ0n) is 15.1. The van der Waals surface area contributed by atoms with Gasteiger partial charge in [0.1, 0.15) is 17.8 Å². The van der Waals surface area contributed by atoms with Crippen LogP contribution in [0, 0.1) is 0 Å². The molecule has 3 atom stereocenters. The lowest BCUT2D eigenvalue weighted by Crippen LogP contribution is -2.55. The zero-order valence-corrected chi connectivity index (χ0v) is 15.1. The summed E-state index contributed by atoms with van der Waals surface area (Å²) in [4.78, 5) is 47.0. The van der Waals surface area contributed by atoms with Crippen molar-refractivity contribution < 1.29 is 34.5 Å². The fourth-order valence-electron chi connectivity index (χ4n) is 2.90. The van der Waals surface area contributed by atoms with Crippen molar-refractivity contribution in [3.05, 3.63) is 29.8 Å². The molecule has 10 nitrogen and oxygen atoms in total. The van der Waals surface area contributed by atoms with Crippen molar-refractivity contribution >= 4 is 23.8 Å². The summed E-state index contributed by atoms with van der Waals surface area (Å²) in [5.74, 6) is -4.00. The summed E-state index contributed by atoms with van der Waals surface area (Å²) in [6, 6.07) is 2.83. The SMILES string of the molecule is O=C(O)CC(NC(=O)C(Cc1ccc(O)cc1)NC(=O)C1CCCN1)C(=O)O. The van der Waals surface area contributed by atoms with Gasteiger partial charge < -0.3 is 31.3 Å². The number of phenolic OH excluding ortho intramolecular Hbond substituents is 1. The highest BCUT2D eigenvalue weighted by Gasteiger charge is 2.30. The molecule has 1 aliphatic heterocycles. The normalized spacial score (nSPS) is 18.1. The Morgan fingerprint density at radius 2 is 1.75 bits per heavy atom. The zero-order chi connectivity index (χ0) is 20.7. The van der Waals surface area contributed by atoms with Gasteiger partial charge in [0.15, 0.2) is 0 Å². The average molecular weight is 393 g/mol. The van der Waals surface area contributed by atoms with Crippen LogP contribution in [0.3, 0.4) is 0 Å². The Kier molecular flexibility index (Phi) is 7.33. The standard InChI is InChI=1S/C18H23N3O7/c22-11-5-3-10(4-6-11)8-13(20-16(25)12-2-1-7-19-12)17(26)21-14(18(27)28)9-15(23)24/h3-6,12-14,19,22H,1-2,7-9H2,(H,20,25)(H,21,26)(H,23,24)(H,27,28). The number of hydrogen-bond donors (Lipinski definition) is 6. The predicted molar refractivity (Wildman–Crippen MR) is 96.6 cm³/mol. The predicted octanol–water partition coefficient (Wildman–Crippen LogP) is -0.784. The van der Waals surface area contributed by atoms with E-state index < -0.39 is 42.4 Å². The molecule has 6 N–H and O–H groups in total. The van der Waals surface area contributed by atoms with Gasteiger partial charge >= 0.3 is 11.9 Å². The quantitative estimate of drug-likeness (QED) is 0.318. The lowest BCUT2D eigenvalue weighted by atomic mass is 10.0. The Bertz CT molecular complexity index is 729. The molecule has 0 radical (unpaired) electrons. The first-order valence-electron chi connectivity index (χ1n) is 8.83. The van der Waals surface area contributed by atoms with E-state index in [-0.39, 0.29) is 18.1 Å². The summed E-state index contributed by atoms with van der Waals surface area (Å²) in [5, 5.41) is 35.1. The van der Waals surface area contributed by atoms with Gasteiger partial charge in [-0.05, 0) is 37.1 Å². The van der Waals surface area contributed by atoms with Crippen LogP contribution in [0.4, 0.5) is 0 Å². The summed E-state index contributed by atoms with van der Waals surface area (Å²) in [5.41, 5.74) is 0.628. The molecule has 1 saturated heterocycles. The number of carboxylic acid groups (broad SMARTS) is 2. The first kappa shape index (κ1) is 21.2. The van der Waals surface area contributed by atoms with Crippen molar-refractivity contribution in [1.82, 2.24) is 16.0 Å². The highest BCUT2D eigenvalue weighted by Crippen LogP contribution is 2.12. The molecular formula is C18H23N3O7. The van der Waals surface area contributed by atoms with E-state index in [9.17, 15) is 24.3 Å². The second kappa shape index (κ2) is 9.70. The number of phenols is 1. The molecule has 2 amide bonds. The molecular weight excluding hydrogens is 370 g/mol. The van der Waals surface area contributed by atoms with Gasteiger partial charge in [0, 0.05) is 6.42 Å². The third-order valence-electron chi connectivity index (χ3n) is 4.38. The lowest BCUT2D eigenvalue weighted by Gasteiger charge is -2.22. The van der Waals surface area contributed by atoms with Crippen LogP contribution < -0.4 is 16.0 Å². The average Bonchev–Trinajstić information content (AvgIpc) is 3.16. The van der Waals surface area contributed by atoms with E-state index in [1.807, 2.05) is 0 Å². The molecule has 1 aliphatic rings. The monoisotopic (exact) mass is 393 g/mol. The molecule has 1 fully saturated rings. The molecule has 28 heavy (non-hydrogen) atoms. The molecule has 1 aromatic carbocycles. The number of carbonyl (C=O) groups excluding carboxylic acids is 2. The third-order valence-corrected chi connectivity index (χ3v) is 4.38. The van der Waals surface area contributed by atoms with Crippen LogP contribution in [0.15, 0.2) is 24.3 Å². The van der Waals surface area contributed by atoms with Gasteiger partial charge in [0.25, 0.3) is 0 Å². The van der Waals surface area contributed by atoms with Crippen molar-refractivity contribution in [2.75, 3.05) is 6.54 Å². The molecule has 0 bridgehead atoms. The van der Waals surface area contributed by atoms with E-state index in [1.165, 1.54) is 12.1 Å². The number of aliphatic carboxylic acids is 2. The summed E-state index contributed by atoms with van der Waals surface area (Å²) in [6.45, 7) is 0.687. The topological polar surface area (TPSA) is 165 Å². The van der Waals surface area contributed by atoms with Crippen molar-refractivity contribution in [2.24, 2.45) is 0 Å². The molecule has 10 heteroatoms. The van der Waals surface area contributed by atoms with Crippen LogP contribution in [0.1, 0.15) is 24.8 Å². The van der Waals surface area contributed by atoms with Crippen molar-refractivity contribution in [2.45, 2.75) is 43.8 Å². The maximum absolute atomic E-state index is 12.6. The first-order chi connectivity index (χ1) is 13.3. The number of amides is 2. The van der Waals surface area contributed by atoms with E-state index in [4.69, 9.17) is 10.2 Å². The first-order valence-corrected chi connectivity index (χ1v) is 8.83. The molecule has 152 valence electrons. The van der Waals surface area contributed by atoms with E-state index in [0.29, 0.717) is 18.5 Å². The number of nitrogens with one attached hydrogen (secondary N) is 3. The molecule has 1 heterocycles. The van der Waals surface area contributed by atoms with Crippen molar-refractivity contribution in [1.29, 1.82) is 0 Å². The highest BCUT2D eigenvalue weighted by atomic mass is 16.4. The van der Waals surface area contributed by atoms with Gasteiger partial charge in [-0.2, -0.15) is 0 Å². The highest BCUT2D eigenvalue weighted by molar-refractivity contribution is 5.93. The number of carbonyl (C=O) groups is 4. The van der Waals surface area contributed by atoms with Gasteiger partial charge in [0.2, 0.25) is 11.8 Å². The van der Waals surface area contributed by atoms with Crippen LogP contribution in [0.2, 0.25) is 0 Å². The maximum Gasteiger partial charge on any atom is 0.326 e. The molecule has 1 aromatic rings. The molecule has 0 aromatic heterocycles. The van der Waals surface area contributed by atoms with Crippen LogP contribution in [0.5, 0.6) is 5.75 Å². The fourth-order valence-corrected chi connectivity index (χ4v) is 2.90. The van der Waals surface area contributed by atoms with Gasteiger partial charge in [-0.3, -0.25) is 14.4 Å². The Balaban J connectivity index is 2.13. The van der Waals surface area contributed by atoms with Gasteiger partial charge in [-0.25, -0.2) is 4.79 Å². The van der Waals surface area contributed by atoms with Gasteiger partial charge in [-0.1, -0.05) is 12.1 Å². The minimum Gasteiger partial charge on any atom is -0.508 e. The summed E-state index contributed by atoms with van der Waals surface area (Å²) >= 11 is 0. The number of aromatic hydroxyl groups is 1. The molecule has 0 saturated carbocycles. The fraction of sp³-hybridized carbons (Fsp3) is 0.444. The van der Waals surface area contributed by atoms with Crippen LogP contribution in [-0.4, -0.2) is 63.7 Å². The van der Waals surface area contributed by atoms with Crippen LogP contribution in [0.25, 0.3) is 0 Å². The third kappa shape index (κ3) is 6.23. The smallest absolute Gasteiger partial charge is 0.326 e. The molecule has 0 aliphatic carbocycles. The second-order valence-corrected chi connectivity index (χ2v) is 6.58. The Hall–Kier alpha value is -3.14. The van der Waals surface area contributed by atoms with Crippen LogP contribution >= 0.6 is 0 Å². The van der Waals surface area contributed by atoms with Crippen molar-refractivity contribution in [3.8, 4) is 5.75 Å². The minimum absolute atomic E-state index is 0.0383. The molecule has 3 unspecified atom stereocenters. The van der Waals surface area contributed by atoms with Gasteiger partial charge in [0.05, 0.1) is 12.5 Å². The Morgan fingerprint density at radius 1 is 1.07 bits per heavy atom. The second-order valence-electron chi connectivity index (χ2n) is 6.58. The number of carboxylic acids is 2. The number of hydrogen-bond acceptors (Lipinski definition) is 6.